The lowest BCUT2D eigenvalue weighted by Crippen LogP contribution is -2.15. The second-order valence-electron chi connectivity index (χ2n) is 3.07. The first kappa shape index (κ1) is 9.98. The molecule has 0 amide bonds. The molecule has 0 aliphatic rings. The van der Waals surface area contributed by atoms with Gasteiger partial charge in [-0.3, -0.25) is 0 Å². The molecular formula is C11H12N2OS. The highest BCUT2D eigenvalue weighted by atomic mass is 32.1. The van der Waals surface area contributed by atoms with Gasteiger partial charge in [0.25, 0.3) is 0 Å². The van der Waals surface area contributed by atoms with Gasteiger partial charge in [0, 0.05) is 12.2 Å². The third-order valence-electron chi connectivity index (χ3n) is 2.09. The monoisotopic (exact) mass is 220 g/mol. The van der Waals surface area contributed by atoms with Gasteiger partial charge in [0.1, 0.15) is 0 Å². The van der Waals surface area contributed by atoms with Gasteiger partial charge in [0.05, 0.1) is 5.38 Å². The molecule has 1 aromatic heterocycles. The first-order valence-corrected chi connectivity index (χ1v) is 5.66. The van der Waals surface area contributed by atoms with Crippen molar-refractivity contribution < 1.29 is 5.11 Å². The van der Waals surface area contributed by atoms with Crippen molar-refractivity contribution in [1.29, 1.82) is 0 Å². The summed E-state index contributed by atoms with van der Waals surface area (Å²) in [7, 11) is 0. The van der Waals surface area contributed by atoms with Crippen molar-refractivity contribution in [2.75, 3.05) is 11.4 Å². The van der Waals surface area contributed by atoms with Gasteiger partial charge in [0.2, 0.25) is 5.88 Å². The average molecular weight is 220 g/mol. The minimum Gasteiger partial charge on any atom is -0.493 e. The number of hydrogen-bond donors (Lipinski definition) is 1. The summed E-state index contributed by atoms with van der Waals surface area (Å²) in [5, 5.41) is 11.7. The molecule has 2 aromatic rings. The van der Waals surface area contributed by atoms with Crippen molar-refractivity contribution in [3.8, 4) is 5.88 Å². The van der Waals surface area contributed by atoms with Crippen LogP contribution in [0, 0.1) is 0 Å². The summed E-state index contributed by atoms with van der Waals surface area (Å²) in [5.74, 6) is 0.0874. The molecule has 0 radical (unpaired) electrons. The number of thiazole rings is 1. The molecule has 0 atom stereocenters. The van der Waals surface area contributed by atoms with Crippen LogP contribution < -0.4 is 4.90 Å². The number of nitrogens with zero attached hydrogens (tertiary/aromatic N) is 2. The van der Waals surface area contributed by atoms with Gasteiger partial charge in [-0.2, -0.15) is 4.98 Å². The molecule has 1 aromatic carbocycles. The Morgan fingerprint density at radius 1 is 1.33 bits per heavy atom. The SMILES string of the molecule is CCN(c1ccccc1)c1nc(O)cs1. The van der Waals surface area contributed by atoms with E-state index in [1.54, 1.807) is 5.38 Å². The van der Waals surface area contributed by atoms with E-state index < -0.39 is 0 Å². The number of benzene rings is 1. The number of aromatic hydroxyl groups is 1. The van der Waals surface area contributed by atoms with Crippen LogP contribution in [0.15, 0.2) is 35.7 Å². The highest BCUT2D eigenvalue weighted by molar-refractivity contribution is 7.14. The summed E-state index contributed by atoms with van der Waals surface area (Å²) in [6.07, 6.45) is 0. The first-order valence-electron chi connectivity index (χ1n) is 4.78. The summed E-state index contributed by atoms with van der Waals surface area (Å²) >= 11 is 1.44. The normalized spacial score (nSPS) is 10.2. The maximum absolute atomic E-state index is 9.22. The Balaban J connectivity index is 2.33. The van der Waals surface area contributed by atoms with Crippen molar-refractivity contribution in [2.45, 2.75) is 6.92 Å². The lowest BCUT2D eigenvalue weighted by Gasteiger charge is -2.19. The lowest BCUT2D eigenvalue weighted by atomic mass is 10.3. The molecule has 0 fully saturated rings. The van der Waals surface area contributed by atoms with Crippen LogP contribution in [0.2, 0.25) is 0 Å². The van der Waals surface area contributed by atoms with Crippen LogP contribution in [-0.4, -0.2) is 16.6 Å². The maximum Gasteiger partial charge on any atom is 0.223 e. The molecule has 0 aliphatic carbocycles. The van der Waals surface area contributed by atoms with Gasteiger partial charge in [0.15, 0.2) is 5.13 Å². The van der Waals surface area contributed by atoms with Crippen molar-refractivity contribution in [2.24, 2.45) is 0 Å². The Morgan fingerprint density at radius 2 is 2.07 bits per heavy atom. The second kappa shape index (κ2) is 4.31. The van der Waals surface area contributed by atoms with E-state index in [1.807, 2.05) is 30.3 Å². The van der Waals surface area contributed by atoms with Crippen molar-refractivity contribution in [3.63, 3.8) is 0 Å². The molecule has 0 saturated carbocycles. The molecule has 2 rings (SSSR count). The van der Waals surface area contributed by atoms with Gasteiger partial charge in [-0.1, -0.05) is 18.2 Å². The Bertz CT molecular complexity index is 427. The van der Waals surface area contributed by atoms with Crippen LogP contribution in [-0.2, 0) is 0 Å². The molecular weight excluding hydrogens is 208 g/mol. The second-order valence-corrected chi connectivity index (χ2v) is 3.90. The number of aromatic nitrogens is 1. The fourth-order valence-electron chi connectivity index (χ4n) is 1.42. The van der Waals surface area contributed by atoms with E-state index in [4.69, 9.17) is 0 Å². The Kier molecular flexibility index (Phi) is 2.87. The van der Waals surface area contributed by atoms with Crippen molar-refractivity contribution in [1.82, 2.24) is 4.98 Å². The number of rotatable bonds is 3. The molecule has 78 valence electrons. The Hall–Kier alpha value is -1.55. The first-order chi connectivity index (χ1) is 7.31. The summed E-state index contributed by atoms with van der Waals surface area (Å²) < 4.78 is 0. The minimum absolute atomic E-state index is 0.0874. The van der Waals surface area contributed by atoms with Gasteiger partial charge in [-0.25, -0.2) is 0 Å². The zero-order chi connectivity index (χ0) is 10.7. The number of para-hydroxylation sites is 1. The quantitative estimate of drug-likeness (QED) is 0.863. The predicted octanol–water partition coefficient (Wildman–Crippen LogP) is 3.01. The molecule has 0 bridgehead atoms. The third kappa shape index (κ3) is 2.10. The average Bonchev–Trinajstić information content (AvgIpc) is 2.68. The lowest BCUT2D eigenvalue weighted by molar-refractivity contribution is 0.457. The number of hydrogen-bond acceptors (Lipinski definition) is 4. The van der Waals surface area contributed by atoms with E-state index in [0.29, 0.717) is 0 Å². The van der Waals surface area contributed by atoms with E-state index in [1.165, 1.54) is 11.3 Å². The molecule has 15 heavy (non-hydrogen) atoms. The molecule has 1 heterocycles. The van der Waals surface area contributed by atoms with Crippen LogP contribution in [0.1, 0.15) is 6.92 Å². The van der Waals surface area contributed by atoms with E-state index >= 15 is 0 Å². The van der Waals surface area contributed by atoms with Crippen molar-refractivity contribution in [3.05, 3.63) is 35.7 Å². The fourth-order valence-corrected chi connectivity index (χ4v) is 2.19. The Labute approximate surface area is 92.6 Å². The Morgan fingerprint density at radius 3 is 2.60 bits per heavy atom. The largest absolute Gasteiger partial charge is 0.493 e. The molecule has 0 spiro atoms. The zero-order valence-corrected chi connectivity index (χ0v) is 9.24. The maximum atomic E-state index is 9.22. The standard InChI is InChI=1S/C11H12N2OS/c1-2-13(9-6-4-3-5-7-9)11-12-10(14)8-15-11/h3-8,14H,2H2,1H3. The smallest absolute Gasteiger partial charge is 0.223 e. The highest BCUT2D eigenvalue weighted by Crippen LogP contribution is 2.29. The van der Waals surface area contributed by atoms with Gasteiger partial charge >= 0.3 is 0 Å². The van der Waals surface area contributed by atoms with E-state index in [0.717, 1.165) is 17.4 Å². The molecule has 0 saturated heterocycles. The van der Waals surface area contributed by atoms with Crippen LogP contribution in [0.4, 0.5) is 10.8 Å². The molecule has 3 nitrogen and oxygen atoms in total. The highest BCUT2D eigenvalue weighted by Gasteiger charge is 2.10. The van der Waals surface area contributed by atoms with Crippen LogP contribution in [0.3, 0.4) is 0 Å². The van der Waals surface area contributed by atoms with Crippen LogP contribution in [0.25, 0.3) is 0 Å². The molecule has 4 heteroatoms. The third-order valence-corrected chi connectivity index (χ3v) is 2.95. The van der Waals surface area contributed by atoms with Crippen LogP contribution >= 0.6 is 11.3 Å². The number of anilines is 2. The summed E-state index contributed by atoms with van der Waals surface area (Å²) in [5.41, 5.74) is 1.09. The van der Waals surface area contributed by atoms with E-state index in [-0.39, 0.29) is 5.88 Å². The van der Waals surface area contributed by atoms with Gasteiger partial charge in [-0.15, -0.1) is 11.3 Å². The van der Waals surface area contributed by atoms with Crippen LogP contribution in [0.5, 0.6) is 5.88 Å². The summed E-state index contributed by atoms with van der Waals surface area (Å²) in [6, 6.07) is 10.0. The fraction of sp³-hybridized carbons (Fsp3) is 0.182. The van der Waals surface area contributed by atoms with Crippen molar-refractivity contribution >= 4 is 22.2 Å². The van der Waals surface area contributed by atoms with E-state index in [2.05, 4.69) is 16.8 Å². The molecule has 1 N–H and O–H groups in total. The zero-order valence-electron chi connectivity index (χ0n) is 8.42. The molecule has 0 aliphatic heterocycles. The van der Waals surface area contributed by atoms with E-state index in [9.17, 15) is 5.11 Å². The molecule has 0 unspecified atom stereocenters. The predicted molar refractivity (Wildman–Crippen MR) is 62.9 cm³/mol. The summed E-state index contributed by atoms with van der Waals surface area (Å²) in [6.45, 7) is 2.89. The van der Waals surface area contributed by atoms with Gasteiger partial charge in [-0.05, 0) is 19.1 Å². The summed E-state index contributed by atoms with van der Waals surface area (Å²) in [4.78, 5) is 6.12. The minimum atomic E-state index is 0.0874. The van der Waals surface area contributed by atoms with Gasteiger partial charge < -0.3 is 10.0 Å². The topological polar surface area (TPSA) is 36.4 Å².